The second-order valence-corrected chi connectivity index (χ2v) is 8.69. The number of aryl methyl sites for hydroxylation is 1. The van der Waals surface area contributed by atoms with Crippen LogP contribution < -0.4 is 10.0 Å². The molecule has 0 radical (unpaired) electrons. The van der Waals surface area contributed by atoms with Gasteiger partial charge in [-0.05, 0) is 55.0 Å². The number of hydrogen-bond acceptors (Lipinski definition) is 5. The van der Waals surface area contributed by atoms with Crippen molar-refractivity contribution < 1.29 is 17.9 Å². The van der Waals surface area contributed by atoms with Crippen LogP contribution in [0.25, 0.3) is 0 Å². The molecule has 2 heterocycles. The molecule has 2 N–H and O–H groups in total. The Bertz CT molecular complexity index is 897. The minimum atomic E-state index is -3.75. The van der Waals surface area contributed by atoms with Crippen molar-refractivity contribution >= 4 is 15.9 Å². The third-order valence-electron chi connectivity index (χ3n) is 4.82. The largest absolute Gasteiger partial charge is 0.381 e. The van der Waals surface area contributed by atoms with Gasteiger partial charge in [-0.15, -0.1) is 0 Å². The molecule has 1 saturated heterocycles. The summed E-state index contributed by atoms with van der Waals surface area (Å²) in [5.74, 6) is -0.160. The van der Waals surface area contributed by atoms with Gasteiger partial charge in [0, 0.05) is 25.6 Å². The maximum absolute atomic E-state index is 12.5. The summed E-state index contributed by atoms with van der Waals surface area (Å²) < 4.78 is 32.7. The van der Waals surface area contributed by atoms with Gasteiger partial charge in [-0.3, -0.25) is 9.78 Å². The zero-order valence-electron chi connectivity index (χ0n) is 15.8. The lowest BCUT2D eigenvalue weighted by Crippen LogP contribution is -2.41. The summed E-state index contributed by atoms with van der Waals surface area (Å²) in [5.41, 5.74) is 1.74. The van der Waals surface area contributed by atoms with E-state index >= 15 is 0 Å². The summed E-state index contributed by atoms with van der Waals surface area (Å²) in [6.07, 6.45) is 5.07. The van der Waals surface area contributed by atoms with Crippen LogP contribution in [0.15, 0.2) is 53.7 Å². The number of nitrogens with one attached hydrogen (secondary N) is 2. The van der Waals surface area contributed by atoms with E-state index < -0.39 is 10.0 Å². The highest BCUT2D eigenvalue weighted by Crippen LogP contribution is 2.29. The number of carbonyl (C=O) groups excluding carboxylic acids is 1. The summed E-state index contributed by atoms with van der Waals surface area (Å²) in [5, 5.41) is 2.98. The van der Waals surface area contributed by atoms with Gasteiger partial charge < -0.3 is 10.1 Å². The van der Waals surface area contributed by atoms with E-state index in [4.69, 9.17) is 4.74 Å². The predicted molar refractivity (Wildman–Crippen MR) is 105 cm³/mol. The fourth-order valence-corrected chi connectivity index (χ4v) is 4.42. The van der Waals surface area contributed by atoms with Crippen molar-refractivity contribution in [3.63, 3.8) is 0 Å². The SMILES string of the molecule is Cc1cccc(S(=O)(=O)NCC(=O)NC(c2cccnc2)C2CCOCC2)c1. The van der Waals surface area contributed by atoms with Gasteiger partial charge >= 0.3 is 0 Å². The van der Waals surface area contributed by atoms with E-state index in [1.165, 1.54) is 6.07 Å². The maximum atomic E-state index is 12.5. The van der Waals surface area contributed by atoms with E-state index in [2.05, 4.69) is 15.0 Å². The average Bonchev–Trinajstić information content (AvgIpc) is 2.72. The molecule has 2 aromatic rings. The van der Waals surface area contributed by atoms with E-state index in [9.17, 15) is 13.2 Å². The Balaban J connectivity index is 1.66. The highest BCUT2D eigenvalue weighted by atomic mass is 32.2. The number of amides is 1. The lowest BCUT2D eigenvalue weighted by atomic mass is 9.87. The van der Waals surface area contributed by atoms with Gasteiger partial charge in [0.25, 0.3) is 0 Å². The second kappa shape index (κ2) is 9.27. The van der Waals surface area contributed by atoms with Gasteiger partial charge in [-0.25, -0.2) is 13.1 Å². The molecule has 1 amide bonds. The normalized spacial score (nSPS) is 16.5. The van der Waals surface area contributed by atoms with Gasteiger partial charge in [-0.2, -0.15) is 0 Å². The number of ether oxygens (including phenoxy) is 1. The van der Waals surface area contributed by atoms with Crippen molar-refractivity contribution in [3.05, 3.63) is 59.9 Å². The first-order chi connectivity index (χ1) is 13.5. The Morgan fingerprint density at radius 1 is 1.25 bits per heavy atom. The number of sulfonamides is 1. The van der Waals surface area contributed by atoms with E-state index in [1.807, 2.05) is 25.1 Å². The molecule has 1 aliphatic rings. The number of benzene rings is 1. The molecule has 3 rings (SSSR count). The Morgan fingerprint density at radius 3 is 2.71 bits per heavy atom. The van der Waals surface area contributed by atoms with Crippen LogP contribution in [0.2, 0.25) is 0 Å². The number of hydrogen-bond donors (Lipinski definition) is 2. The van der Waals surface area contributed by atoms with Crippen molar-refractivity contribution in [1.82, 2.24) is 15.0 Å². The Morgan fingerprint density at radius 2 is 2.04 bits per heavy atom. The number of pyridine rings is 1. The molecular weight excluding hydrogens is 378 g/mol. The summed E-state index contributed by atoms with van der Waals surface area (Å²) in [4.78, 5) is 16.8. The lowest BCUT2D eigenvalue weighted by molar-refractivity contribution is -0.121. The van der Waals surface area contributed by atoms with Gasteiger partial charge in [0.05, 0.1) is 17.5 Å². The first kappa shape index (κ1) is 20.4. The molecule has 0 saturated carbocycles. The molecule has 1 unspecified atom stereocenters. The monoisotopic (exact) mass is 403 g/mol. The van der Waals surface area contributed by atoms with Gasteiger partial charge in [0.15, 0.2) is 0 Å². The highest BCUT2D eigenvalue weighted by molar-refractivity contribution is 7.89. The highest BCUT2D eigenvalue weighted by Gasteiger charge is 2.27. The van der Waals surface area contributed by atoms with Gasteiger partial charge in [0.2, 0.25) is 15.9 Å². The molecule has 0 bridgehead atoms. The minimum Gasteiger partial charge on any atom is -0.381 e. The Labute approximate surface area is 165 Å². The minimum absolute atomic E-state index is 0.147. The number of aromatic nitrogens is 1. The molecule has 1 aromatic carbocycles. The van der Waals surface area contributed by atoms with Crippen LogP contribution in [0.5, 0.6) is 0 Å². The summed E-state index contributed by atoms with van der Waals surface area (Å²) in [6, 6.07) is 10.1. The third kappa shape index (κ3) is 5.37. The summed E-state index contributed by atoms with van der Waals surface area (Å²) in [6.45, 7) is 2.79. The molecule has 28 heavy (non-hydrogen) atoms. The van der Waals surface area contributed by atoms with Crippen LogP contribution in [-0.2, 0) is 19.6 Å². The van der Waals surface area contributed by atoms with Crippen LogP contribution in [0.4, 0.5) is 0 Å². The number of rotatable bonds is 7. The maximum Gasteiger partial charge on any atom is 0.241 e. The van der Waals surface area contributed by atoms with Crippen molar-refractivity contribution in [2.45, 2.75) is 30.7 Å². The molecule has 150 valence electrons. The summed E-state index contributed by atoms with van der Waals surface area (Å²) in [7, 11) is -3.75. The molecule has 1 aromatic heterocycles. The molecule has 0 spiro atoms. The van der Waals surface area contributed by atoms with Crippen LogP contribution in [0.1, 0.15) is 30.0 Å². The quantitative estimate of drug-likeness (QED) is 0.736. The topological polar surface area (TPSA) is 97.4 Å². The predicted octanol–water partition coefficient (Wildman–Crippen LogP) is 1.95. The lowest BCUT2D eigenvalue weighted by Gasteiger charge is -2.31. The molecular formula is C20H25N3O4S. The van der Waals surface area contributed by atoms with Crippen LogP contribution >= 0.6 is 0 Å². The molecule has 1 atom stereocenters. The van der Waals surface area contributed by atoms with E-state index in [0.717, 1.165) is 24.0 Å². The number of nitrogens with zero attached hydrogens (tertiary/aromatic N) is 1. The second-order valence-electron chi connectivity index (χ2n) is 6.92. The average molecular weight is 404 g/mol. The summed E-state index contributed by atoms with van der Waals surface area (Å²) >= 11 is 0. The first-order valence-electron chi connectivity index (χ1n) is 9.29. The van der Waals surface area contributed by atoms with Gasteiger partial charge in [0.1, 0.15) is 0 Å². The Kier molecular flexibility index (Phi) is 6.77. The molecule has 0 aliphatic carbocycles. The standard InChI is InChI=1S/C20H25N3O4S/c1-15-4-2-6-18(12-15)28(25,26)22-14-19(24)23-20(16-7-10-27-11-8-16)17-5-3-9-21-13-17/h2-6,9,12-13,16,20,22H,7-8,10-11,14H2,1H3,(H,23,24). The molecule has 7 nitrogen and oxygen atoms in total. The zero-order valence-corrected chi connectivity index (χ0v) is 16.6. The fraction of sp³-hybridized carbons (Fsp3) is 0.400. The van der Waals surface area contributed by atoms with Crippen LogP contribution in [-0.4, -0.2) is 39.1 Å². The molecule has 1 fully saturated rings. The van der Waals surface area contributed by atoms with Crippen LogP contribution in [0.3, 0.4) is 0 Å². The van der Waals surface area contributed by atoms with Crippen molar-refractivity contribution in [3.8, 4) is 0 Å². The first-order valence-corrected chi connectivity index (χ1v) is 10.8. The third-order valence-corrected chi connectivity index (χ3v) is 6.22. The molecule has 8 heteroatoms. The van der Waals surface area contributed by atoms with Crippen molar-refractivity contribution in [1.29, 1.82) is 0 Å². The van der Waals surface area contributed by atoms with E-state index in [0.29, 0.717) is 13.2 Å². The van der Waals surface area contributed by atoms with Crippen molar-refractivity contribution in [2.24, 2.45) is 5.92 Å². The fourth-order valence-electron chi connectivity index (χ4n) is 3.33. The molecule has 1 aliphatic heterocycles. The van der Waals surface area contributed by atoms with E-state index in [1.54, 1.807) is 24.5 Å². The van der Waals surface area contributed by atoms with Gasteiger partial charge in [-0.1, -0.05) is 18.2 Å². The van der Waals surface area contributed by atoms with Crippen LogP contribution in [0, 0.1) is 12.8 Å². The van der Waals surface area contributed by atoms with E-state index in [-0.39, 0.29) is 29.3 Å². The Hall–Kier alpha value is -2.29. The zero-order chi connectivity index (χ0) is 20.0. The van der Waals surface area contributed by atoms with Crippen molar-refractivity contribution in [2.75, 3.05) is 19.8 Å². The smallest absolute Gasteiger partial charge is 0.241 e. The number of carbonyl (C=O) groups is 1.